The number of esters is 1. The van der Waals surface area contributed by atoms with E-state index in [1.165, 1.54) is 69.6 Å². The molecule has 0 radical (unpaired) electrons. The maximum Gasteiger partial charge on any atom is 0.338 e. The van der Waals surface area contributed by atoms with Gasteiger partial charge in [0.25, 0.3) is 5.91 Å². The number of nitrogens with one attached hydrogen (secondary N) is 1. The maximum absolute atomic E-state index is 12.3. The molecular formula is C19H20N2O6S. The second-order valence-corrected chi connectivity index (χ2v) is 8.24. The molecule has 0 unspecified atom stereocenters. The van der Waals surface area contributed by atoms with Crippen LogP contribution >= 0.6 is 0 Å². The Bertz CT molecular complexity index is 984. The Morgan fingerprint density at radius 3 is 2.32 bits per heavy atom. The Labute approximate surface area is 163 Å². The number of rotatable bonds is 7. The van der Waals surface area contributed by atoms with Crippen LogP contribution in [0.5, 0.6) is 0 Å². The molecule has 9 heteroatoms. The highest BCUT2D eigenvalue weighted by Crippen LogP contribution is 2.18. The van der Waals surface area contributed by atoms with E-state index in [1.807, 2.05) is 0 Å². The lowest BCUT2D eigenvalue weighted by Gasteiger charge is -2.15. The first-order valence-electron chi connectivity index (χ1n) is 8.25. The molecule has 148 valence electrons. The monoisotopic (exact) mass is 404 g/mol. The smallest absolute Gasteiger partial charge is 0.338 e. The highest BCUT2D eigenvalue weighted by molar-refractivity contribution is 7.89. The summed E-state index contributed by atoms with van der Waals surface area (Å²) < 4.78 is 30.5. The quantitative estimate of drug-likeness (QED) is 0.558. The molecule has 0 fully saturated rings. The van der Waals surface area contributed by atoms with Crippen LogP contribution in [0.4, 0.5) is 5.69 Å². The Hall–Kier alpha value is -3.04. The van der Waals surface area contributed by atoms with Crippen LogP contribution in [-0.4, -0.2) is 51.1 Å². The molecule has 0 saturated carbocycles. The summed E-state index contributed by atoms with van der Waals surface area (Å²) >= 11 is 0. The number of nitrogens with zero attached hydrogens (tertiary/aromatic N) is 1. The molecule has 1 atom stereocenters. The Morgan fingerprint density at radius 2 is 1.75 bits per heavy atom. The van der Waals surface area contributed by atoms with Crippen molar-refractivity contribution < 1.29 is 27.5 Å². The average molecular weight is 404 g/mol. The molecule has 0 heterocycles. The minimum atomic E-state index is -3.64. The number of anilines is 1. The van der Waals surface area contributed by atoms with Gasteiger partial charge in [-0.2, -0.15) is 0 Å². The summed E-state index contributed by atoms with van der Waals surface area (Å²) in [5.74, 6) is -1.33. The largest absolute Gasteiger partial charge is 0.449 e. The summed E-state index contributed by atoms with van der Waals surface area (Å²) in [6.07, 6.45) is -0.470. The van der Waals surface area contributed by atoms with Gasteiger partial charge in [0.2, 0.25) is 10.0 Å². The number of sulfonamides is 1. The van der Waals surface area contributed by atoms with Gasteiger partial charge in [0.1, 0.15) is 6.29 Å². The Balaban J connectivity index is 2.06. The van der Waals surface area contributed by atoms with Gasteiger partial charge in [-0.05, 0) is 37.3 Å². The first kappa shape index (κ1) is 21.3. The van der Waals surface area contributed by atoms with Gasteiger partial charge >= 0.3 is 5.97 Å². The molecule has 0 aliphatic rings. The minimum absolute atomic E-state index is 0.0233. The highest BCUT2D eigenvalue weighted by atomic mass is 32.2. The predicted octanol–water partition coefficient (Wildman–Crippen LogP) is 1.93. The predicted molar refractivity (Wildman–Crippen MR) is 103 cm³/mol. The fourth-order valence-corrected chi connectivity index (χ4v) is 3.12. The van der Waals surface area contributed by atoms with Gasteiger partial charge in [-0.1, -0.05) is 18.2 Å². The molecule has 2 rings (SSSR count). The Morgan fingerprint density at radius 1 is 1.11 bits per heavy atom. The first-order valence-corrected chi connectivity index (χ1v) is 9.69. The van der Waals surface area contributed by atoms with Gasteiger partial charge in [-0.15, -0.1) is 0 Å². The fraction of sp³-hybridized carbons (Fsp3) is 0.211. The molecule has 28 heavy (non-hydrogen) atoms. The van der Waals surface area contributed by atoms with E-state index in [-0.39, 0.29) is 16.1 Å². The van der Waals surface area contributed by atoms with Gasteiger partial charge in [-0.3, -0.25) is 9.59 Å². The van der Waals surface area contributed by atoms with Crippen LogP contribution < -0.4 is 5.32 Å². The molecule has 0 aromatic heterocycles. The van der Waals surface area contributed by atoms with E-state index in [2.05, 4.69) is 5.32 Å². The van der Waals surface area contributed by atoms with Gasteiger partial charge in [0.15, 0.2) is 6.10 Å². The molecule has 2 aromatic rings. The molecule has 0 bridgehead atoms. The van der Waals surface area contributed by atoms with Crippen LogP contribution in [0.2, 0.25) is 0 Å². The van der Waals surface area contributed by atoms with Crippen molar-refractivity contribution in [3.05, 3.63) is 59.7 Å². The van der Waals surface area contributed by atoms with E-state index in [9.17, 15) is 22.8 Å². The summed E-state index contributed by atoms with van der Waals surface area (Å²) in [7, 11) is -0.831. The minimum Gasteiger partial charge on any atom is -0.449 e. The van der Waals surface area contributed by atoms with Gasteiger partial charge < -0.3 is 10.1 Å². The zero-order valence-electron chi connectivity index (χ0n) is 15.6. The summed E-state index contributed by atoms with van der Waals surface area (Å²) in [4.78, 5) is 35.0. The zero-order chi connectivity index (χ0) is 20.9. The molecule has 1 amide bonds. The van der Waals surface area contributed by atoms with Gasteiger partial charge in [0, 0.05) is 25.3 Å². The van der Waals surface area contributed by atoms with Crippen LogP contribution in [0, 0.1) is 0 Å². The maximum atomic E-state index is 12.3. The lowest BCUT2D eigenvalue weighted by molar-refractivity contribution is -0.123. The number of ether oxygens (including phenoxy) is 1. The van der Waals surface area contributed by atoms with E-state index >= 15 is 0 Å². The second-order valence-electron chi connectivity index (χ2n) is 6.09. The third-order valence-electron chi connectivity index (χ3n) is 3.82. The SMILES string of the molecule is C[C@@H](OC(=O)c1ccc(C=O)cc1)C(=O)Nc1cccc(S(=O)(=O)N(C)C)c1. The molecule has 1 N–H and O–H groups in total. The van der Waals surface area contributed by atoms with Crippen molar-refractivity contribution in [2.45, 2.75) is 17.9 Å². The number of hydrogen-bond acceptors (Lipinski definition) is 6. The van der Waals surface area contributed by atoms with Crippen LogP contribution in [0.15, 0.2) is 53.4 Å². The van der Waals surface area contributed by atoms with Crippen molar-refractivity contribution in [3.63, 3.8) is 0 Å². The number of benzene rings is 2. The summed E-state index contributed by atoms with van der Waals surface area (Å²) in [5, 5.41) is 2.52. The molecule has 0 spiro atoms. The van der Waals surface area contributed by atoms with E-state index in [4.69, 9.17) is 4.74 Å². The molecule has 2 aromatic carbocycles. The molecule has 0 saturated heterocycles. The number of carbonyl (C=O) groups excluding carboxylic acids is 3. The normalized spacial score (nSPS) is 12.3. The highest BCUT2D eigenvalue weighted by Gasteiger charge is 2.21. The van der Waals surface area contributed by atoms with E-state index in [0.717, 1.165) is 4.31 Å². The van der Waals surface area contributed by atoms with Crippen molar-refractivity contribution in [3.8, 4) is 0 Å². The third kappa shape index (κ3) is 5.02. The van der Waals surface area contributed by atoms with E-state index in [0.29, 0.717) is 11.8 Å². The lowest BCUT2D eigenvalue weighted by Crippen LogP contribution is -2.30. The van der Waals surface area contributed by atoms with Gasteiger partial charge in [-0.25, -0.2) is 17.5 Å². The van der Waals surface area contributed by atoms with Crippen molar-refractivity contribution in [1.82, 2.24) is 4.31 Å². The second kappa shape index (κ2) is 8.77. The fourth-order valence-electron chi connectivity index (χ4n) is 2.17. The molecular weight excluding hydrogens is 384 g/mol. The van der Waals surface area contributed by atoms with E-state index in [1.54, 1.807) is 0 Å². The average Bonchev–Trinajstić information content (AvgIpc) is 2.68. The van der Waals surface area contributed by atoms with Crippen LogP contribution in [0.1, 0.15) is 27.6 Å². The van der Waals surface area contributed by atoms with Crippen molar-refractivity contribution in [2.24, 2.45) is 0 Å². The molecule has 0 aliphatic carbocycles. The standard InChI is InChI=1S/C19H20N2O6S/c1-13(27-19(24)15-9-7-14(12-22)8-10-15)18(23)20-16-5-4-6-17(11-16)28(25,26)21(2)3/h4-13H,1-3H3,(H,20,23)/t13-/m1/s1. The van der Waals surface area contributed by atoms with Crippen molar-refractivity contribution >= 4 is 33.9 Å². The van der Waals surface area contributed by atoms with Crippen LogP contribution in [0.25, 0.3) is 0 Å². The first-order chi connectivity index (χ1) is 13.1. The van der Waals surface area contributed by atoms with Crippen molar-refractivity contribution in [2.75, 3.05) is 19.4 Å². The van der Waals surface area contributed by atoms with Crippen LogP contribution in [-0.2, 0) is 19.6 Å². The Kier molecular flexibility index (Phi) is 6.66. The van der Waals surface area contributed by atoms with Gasteiger partial charge in [0.05, 0.1) is 10.5 Å². The molecule has 0 aliphatic heterocycles. The number of carbonyl (C=O) groups is 3. The summed E-state index contributed by atoms with van der Waals surface area (Å²) in [5.41, 5.74) is 0.866. The third-order valence-corrected chi connectivity index (χ3v) is 5.63. The summed E-state index contributed by atoms with van der Waals surface area (Å²) in [6, 6.07) is 11.5. The topological polar surface area (TPSA) is 110 Å². The van der Waals surface area contributed by atoms with Crippen LogP contribution in [0.3, 0.4) is 0 Å². The summed E-state index contributed by atoms with van der Waals surface area (Å²) in [6.45, 7) is 1.40. The van der Waals surface area contributed by atoms with Crippen molar-refractivity contribution in [1.29, 1.82) is 0 Å². The number of aldehydes is 1. The number of amides is 1. The number of hydrogen-bond donors (Lipinski definition) is 1. The van der Waals surface area contributed by atoms with E-state index < -0.39 is 28.0 Å². The zero-order valence-corrected chi connectivity index (χ0v) is 16.4. The lowest BCUT2D eigenvalue weighted by atomic mass is 10.1. The molecule has 8 nitrogen and oxygen atoms in total.